The third-order valence-corrected chi connectivity index (χ3v) is 4.08. The molecule has 0 N–H and O–H groups in total. The van der Waals surface area contributed by atoms with Gasteiger partial charge in [0.15, 0.2) is 18.2 Å². The molecule has 0 aliphatic carbocycles. The zero-order chi connectivity index (χ0) is 14.0. The Morgan fingerprint density at radius 2 is 2.16 bits per heavy atom. The first-order valence-electron chi connectivity index (χ1n) is 5.93. The first kappa shape index (κ1) is 13.8. The highest BCUT2D eigenvalue weighted by atomic mass is 32.2. The molecule has 0 fully saturated rings. The molecule has 2 rings (SSSR count). The largest absolute Gasteiger partial charge is 0.458 e. The Hall–Kier alpha value is -1.62. The molecule has 1 aromatic rings. The van der Waals surface area contributed by atoms with Gasteiger partial charge in [-0.2, -0.15) is 0 Å². The molecule has 0 amide bonds. The first-order valence-corrected chi connectivity index (χ1v) is 6.91. The summed E-state index contributed by atoms with van der Waals surface area (Å²) in [5.41, 5.74) is 1.67. The predicted molar refractivity (Wildman–Crippen MR) is 71.4 cm³/mol. The zero-order valence-corrected chi connectivity index (χ0v) is 11.6. The summed E-state index contributed by atoms with van der Waals surface area (Å²) in [5, 5.41) is 0. The quantitative estimate of drug-likeness (QED) is 0.625. The Morgan fingerprint density at radius 1 is 1.42 bits per heavy atom. The van der Waals surface area contributed by atoms with Crippen molar-refractivity contribution in [3.63, 3.8) is 0 Å². The predicted octanol–water partition coefficient (Wildman–Crippen LogP) is 2.03. The fourth-order valence-corrected chi connectivity index (χ4v) is 3.18. The summed E-state index contributed by atoms with van der Waals surface area (Å²) >= 11 is 1.50. The molecule has 19 heavy (non-hydrogen) atoms. The number of aryl methyl sites for hydroxylation is 1. The van der Waals surface area contributed by atoms with Crippen LogP contribution in [-0.2, 0) is 14.3 Å². The molecule has 1 aromatic carbocycles. The van der Waals surface area contributed by atoms with E-state index in [0.717, 1.165) is 10.5 Å². The summed E-state index contributed by atoms with van der Waals surface area (Å²) in [6.07, 6.45) is 0. The van der Waals surface area contributed by atoms with Crippen molar-refractivity contribution in [1.29, 1.82) is 0 Å². The summed E-state index contributed by atoms with van der Waals surface area (Å²) in [6.45, 7) is 2.87. The number of hydrogen-bond acceptors (Lipinski definition) is 5. The average molecular weight is 278 g/mol. The van der Waals surface area contributed by atoms with Gasteiger partial charge in [-0.15, -0.1) is 11.8 Å². The number of carbonyl (C=O) groups excluding carboxylic acids is 3. The maximum atomic E-state index is 12.2. The first-order chi connectivity index (χ1) is 8.99. The van der Waals surface area contributed by atoms with Crippen molar-refractivity contribution in [2.75, 3.05) is 12.4 Å². The number of thioether (sulfide) groups is 1. The van der Waals surface area contributed by atoms with E-state index in [-0.39, 0.29) is 18.2 Å². The number of Topliss-reactive ketones (excluding diaryl/α,β-unsaturated/α-hetero) is 2. The molecular formula is C14H14O4S. The summed E-state index contributed by atoms with van der Waals surface area (Å²) in [6, 6.07) is 5.56. The van der Waals surface area contributed by atoms with Crippen LogP contribution in [0, 0.1) is 12.8 Å². The highest BCUT2D eigenvalue weighted by Gasteiger charge is 2.33. The van der Waals surface area contributed by atoms with Gasteiger partial charge in [-0.3, -0.25) is 14.4 Å². The fraction of sp³-hybridized carbons (Fsp3) is 0.357. The van der Waals surface area contributed by atoms with Crippen molar-refractivity contribution in [2.24, 2.45) is 5.92 Å². The van der Waals surface area contributed by atoms with Crippen LogP contribution in [0.4, 0.5) is 0 Å². The smallest absolute Gasteiger partial charge is 0.303 e. The number of hydrogen-bond donors (Lipinski definition) is 0. The van der Waals surface area contributed by atoms with Crippen molar-refractivity contribution in [1.82, 2.24) is 0 Å². The van der Waals surface area contributed by atoms with Crippen LogP contribution >= 0.6 is 11.8 Å². The van der Waals surface area contributed by atoms with Crippen LogP contribution in [0.25, 0.3) is 0 Å². The summed E-state index contributed by atoms with van der Waals surface area (Å²) < 4.78 is 4.66. The topological polar surface area (TPSA) is 60.4 Å². The maximum Gasteiger partial charge on any atom is 0.303 e. The number of ketones is 2. The molecule has 0 saturated carbocycles. The Morgan fingerprint density at radius 3 is 2.84 bits per heavy atom. The molecule has 0 saturated heterocycles. The molecule has 0 bridgehead atoms. The monoisotopic (exact) mass is 278 g/mol. The molecular weight excluding hydrogens is 264 g/mol. The van der Waals surface area contributed by atoms with Gasteiger partial charge in [0.1, 0.15) is 0 Å². The number of esters is 1. The molecule has 5 heteroatoms. The SMILES string of the molecule is CC(=O)OCC(=O)C1CSc2cc(C)ccc2C1=O. The van der Waals surface area contributed by atoms with E-state index in [9.17, 15) is 14.4 Å². The number of benzene rings is 1. The van der Waals surface area contributed by atoms with Crippen molar-refractivity contribution in [3.05, 3.63) is 29.3 Å². The van der Waals surface area contributed by atoms with E-state index in [2.05, 4.69) is 4.74 Å². The Labute approximate surface area is 115 Å². The normalized spacial score (nSPS) is 17.8. The fourth-order valence-electron chi connectivity index (χ4n) is 1.90. The van der Waals surface area contributed by atoms with Crippen molar-refractivity contribution in [2.45, 2.75) is 18.7 Å². The van der Waals surface area contributed by atoms with Gasteiger partial charge in [0, 0.05) is 23.1 Å². The lowest BCUT2D eigenvalue weighted by Gasteiger charge is -2.22. The summed E-state index contributed by atoms with van der Waals surface area (Å²) in [7, 11) is 0. The van der Waals surface area contributed by atoms with Gasteiger partial charge in [-0.25, -0.2) is 0 Å². The minimum Gasteiger partial charge on any atom is -0.458 e. The van der Waals surface area contributed by atoms with E-state index in [4.69, 9.17) is 0 Å². The van der Waals surface area contributed by atoms with Crippen LogP contribution in [0.2, 0.25) is 0 Å². The van der Waals surface area contributed by atoms with Gasteiger partial charge >= 0.3 is 5.97 Å². The lowest BCUT2D eigenvalue weighted by atomic mass is 9.94. The second kappa shape index (κ2) is 5.57. The number of rotatable bonds is 3. The molecule has 100 valence electrons. The van der Waals surface area contributed by atoms with Crippen LogP contribution in [-0.4, -0.2) is 29.9 Å². The van der Waals surface area contributed by atoms with E-state index < -0.39 is 11.9 Å². The minimum atomic E-state index is -0.709. The summed E-state index contributed by atoms with van der Waals surface area (Å²) in [4.78, 5) is 35.7. The van der Waals surface area contributed by atoms with Gasteiger partial charge in [0.2, 0.25) is 0 Å². The zero-order valence-electron chi connectivity index (χ0n) is 10.8. The third-order valence-electron chi connectivity index (χ3n) is 2.93. The number of fused-ring (bicyclic) bond motifs is 1. The van der Waals surface area contributed by atoms with Crippen LogP contribution in [0.15, 0.2) is 23.1 Å². The van der Waals surface area contributed by atoms with Crippen LogP contribution in [0.1, 0.15) is 22.8 Å². The van der Waals surface area contributed by atoms with Crippen LogP contribution in [0.3, 0.4) is 0 Å². The molecule has 0 aromatic heterocycles. The molecule has 1 unspecified atom stereocenters. The van der Waals surface area contributed by atoms with Gasteiger partial charge < -0.3 is 4.74 Å². The number of ether oxygens (including phenoxy) is 1. The van der Waals surface area contributed by atoms with E-state index >= 15 is 0 Å². The summed E-state index contributed by atoms with van der Waals surface area (Å²) in [5.74, 6) is -1.32. The van der Waals surface area contributed by atoms with Gasteiger partial charge in [-0.1, -0.05) is 6.07 Å². The average Bonchev–Trinajstić information content (AvgIpc) is 2.36. The Balaban J connectivity index is 2.15. The highest BCUT2D eigenvalue weighted by Crippen LogP contribution is 2.33. The van der Waals surface area contributed by atoms with E-state index in [0.29, 0.717) is 11.3 Å². The molecule has 4 nitrogen and oxygen atoms in total. The standard InChI is InChI=1S/C14H14O4S/c1-8-3-4-10-13(5-8)19-7-11(14(10)17)12(16)6-18-9(2)15/h3-5,11H,6-7H2,1-2H3. The van der Waals surface area contributed by atoms with Gasteiger partial charge in [-0.05, 0) is 24.6 Å². The Kier molecular flexibility index (Phi) is 4.04. The van der Waals surface area contributed by atoms with E-state index in [1.54, 1.807) is 6.07 Å². The third kappa shape index (κ3) is 3.04. The highest BCUT2D eigenvalue weighted by molar-refractivity contribution is 7.99. The molecule has 1 aliphatic heterocycles. The molecule has 1 heterocycles. The Bertz CT molecular complexity index is 550. The minimum absolute atomic E-state index is 0.175. The van der Waals surface area contributed by atoms with E-state index in [1.165, 1.54) is 18.7 Å². The lowest BCUT2D eigenvalue weighted by molar-refractivity contribution is -0.146. The van der Waals surface area contributed by atoms with Gasteiger partial charge in [0.25, 0.3) is 0 Å². The van der Waals surface area contributed by atoms with Crippen molar-refractivity contribution >= 4 is 29.3 Å². The second-order valence-corrected chi connectivity index (χ2v) is 5.54. The van der Waals surface area contributed by atoms with Crippen molar-refractivity contribution in [3.8, 4) is 0 Å². The second-order valence-electron chi connectivity index (χ2n) is 4.47. The maximum absolute atomic E-state index is 12.2. The molecule has 1 aliphatic rings. The van der Waals surface area contributed by atoms with Gasteiger partial charge in [0.05, 0.1) is 5.92 Å². The van der Waals surface area contributed by atoms with E-state index in [1.807, 2.05) is 19.1 Å². The molecule has 0 radical (unpaired) electrons. The van der Waals surface area contributed by atoms with Crippen LogP contribution in [0.5, 0.6) is 0 Å². The number of carbonyl (C=O) groups is 3. The molecule has 0 spiro atoms. The van der Waals surface area contributed by atoms with Crippen molar-refractivity contribution < 1.29 is 19.1 Å². The molecule has 1 atom stereocenters. The lowest BCUT2D eigenvalue weighted by Crippen LogP contribution is -2.32. The van der Waals surface area contributed by atoms with Crippen LogP contribution < -0.4 is 0 Å².